The highest BCUT2D eigenvalue weighted by Crippen LogP contribution is 2.60. The average molecular weight is 598 g/mol. The minimum absolute atomic E-state index is 0.146. The second-order valence-corrected chi connectivity index (χ2v) is 11.3. The van der Waals surface area contributed by atoms with Crippen molar-refractivity contribution in [1.29, 1.82) is 0 Å². The first kappa shape index (κ1) is 24.3. The van der Waals surface area contributed by atoms with Crippen molar-refractivity contribution in [1.82, 2.24) is 5.01 Å². The normalized spacial score (nSPS) is 22.7. The predicted octanol–water partition coefficient (Wildman–Crippen LogP) is 6.91. The Morgan fingerprint density at radius 1 is 0.795 bits per heavy atom. The molecule has 0 N–H and O–H groups in total. The number of hydrogen-bond acceptors (Lipinski definition) is 4. The smallest absolute Gasteiger partial charge is 0.254 e. The van der Waals surface area contributed by atoms with Crippen LogP contribution in [0.5, 0.6) is 5.75 Å². The maximum Gasteiger partial charge on any atom is 0.254 e. The van der Waals surface area contributed by atoms with Crippen molar-refractivity contribution in [3.8, 4) is 5.75 Å². The zero-order chi connectivity index (χ0) is 26.7. The van der Waals surface area contributed by atoms with Crippen LogP contribution in [0.2, 0.25) is 5.02 Å². The molecule has 1 heterocycles. The lowest BCUT2D eigenvalue weighted by Gasteiger charge is -2.45. The van der Waals surface area contributed by atoms with Crippen LogP contribution in [0, 0.1) is 11.8 Å². The van der Waals surface area contributed by atoms with Crippen LogP contribution in [0.25, 0.3) is 0 Å². The molecule has 0 unspecified atom stereocenters. The zero-order valence-electron chi connectivity index (χ0n) is 20.6. The Morgan fingerprint density at radius 3 is 1.87 bits per heavy atom. The quantitative estimate of drug-likeness (QED) is 0.186. The van der Waals surface area contributed by atoms with Crippen molar-refractivity contribution in [2.75, 3.05) is 0 Å². The van der Waals surface area contributed by atoms with Crippen LogP contribution >= 0.6 is 27.5 Å². The maximum atomic E-state index is 13.7. The molecule has 1 saturated heterocycles. The van der Waals surface area contributed by atoms with Crippen molar-refractivity contribution in [2.45, 2.75) is 18.4 Å². The molecular weight excluding hydrogens is 576 g/mol. The number of imide groups is 1. The van der Waals surface area contributed by atoms with Gasteiger partial charge in [-0.15, -0.1) is 0 Å². The van der Waals surface area contributed by atoms with Gasteiger partial charge in [0.2, 0.25) is 0 Å². The van der Waals surface area contributed by atoms with E-state index in [0.717, 1.165) is 42.9 Å². The first-order chi connectivity index (χ1) is 19.0. The van der Waals surface area contributed by atoms with E-state index in [2.05, 4.69) is 45.3 Å². The summed E-state index contributed by atoms with van der Waals surface area (Å²) < 4.78 is 6.66. The summed E-state index contributed by atoms with van der Waals surface area (Å²) >= 11 is 9.79. The third-order valence-electron chi connectivity index (χ3n) is 8.04. The van der Waals surface area contributed by atoms with Gasteiger partial charge in [0.1, 0.15) is 12.4 Å². The van der Waals surface area contributed by atoms with Crippen molar-refractivity contribution >= 4 is 45.6 Å². The molecule has 7 heteroatoms. The van der Waals surface area contributed by atoms with E-state index in [4.69, 9.17) is 16.3 Å². The first-order valence-electron chi connectivity index (χ1n) is 12.8. The molecule has 0 aromatic heterocycles. The van der Waals surface area contributed by atoms with Crippen molar-refractivity contribution < 1.29 is 14.3 Å². The summed E-state index contributed by atoms with van der Waals surface area (Å²) in [5.74, 6) is -1.01. The lowest BCUT2D eigenvalue weighted by molar-refractivity contribution is -0.139. The molecule has 0 saturated carbocycles. The minimum Gasteiger partial charge on any atom is -0.488 e. The molecular formula is C32H22BrClN2O3. The van der Waals surface area contributed by atoms with E-state index < -0.39 is 11.8 Å². The van der Waals surface area contributed by atoms with Gasteiger partial charge in [-0.25, -0.2) is 0 Å². The van der Waals surface area contributed by atoms with E-state index in [9.17, 15) is 9.59 Å². The van der Waals surface area contributed by atoms with E-state index in [1.54, 1.807) is 6.21 Å². The van der Waals surface area contributed by atoms with Crippen molar-refractivity contribution in [3.63, 3.8) is 0 Å². The molecule has 8 rings (SSSR count). The number of hydrazone groups is 1. The first-order valence-corrected chi connectivity index (χ1v) is 13.9. The second-order valence-electron chi connectivity index (χ2n) is 10.1. The van der Waals surface area contributed by atoms with Crippen molar-refractivity contribution in [3.05, 3.63) is 134 Å². The van der Waals surface area contributed by atoms with E-state index >= 15 is 0 Å². The van der Waals surface area contributed by atoms with Crippen LogP contribution in [0.4, 0.5) is 0 Å². The fourth-order valence-corrected chi connectivity index (χ4v) is 7.09. The van der Waals surface area contributed by atoms with Gasteiger partial charge in [-0.05, 0) is 68.0 Å². The van der Waals surface area contributed by atoms with Gasteiger partial charge in [-0.1, -0.05) is 78.3 Å². The molecule has 39 heavy (non-hydrogen) atoms. The molecule has 4 aromatic carbocycles. The fourth-order valence-electron chi connectivity index (χ4n) is 6.39. The van der Waals surface area contributed by atoms with Gasteiger partial charge in [0.15, 0.2) is 0 Å². The highest BCUT2D eigenvalue weighted by atomic mass is 79.9. The summed E-state index contributed by atoms with van der Waals surface area (Å²) in [6.45, 7) is 0.332. The second kappa shape index (κ2) is 9.47. The van der Waals surface area contributed by atoms with Gasteiger partial charge < -0.3 is 4.74 Å². The number of amides is 2. The van der Waals surface area contributed by atoms with Gasteiger partial charge in [0.05, 0.1) is 22.5 Å². The Labute approximate surface area is 239 Å². The molecule has 5 nitrogen and oxygen atoms in total. The van der Waals surface area contributed by atoms with E-state index in [0.29, 0.717) is 17.4 Å². The molecule has 4 aromatic rings. The molecule has 2 atom stereocenters. The number of carbonyl (C=O) groups is 2. The number of benzene rings is 4. The molecule has 2 amide bonds. The summed E-state index contributed by atoms with van der Waals surface area (Å²) in [7, 11) is 0. The summed E-state index contributed by atoms with van der Waals surface area (Å²) in [6.07, 6.45) is 1.55. The SMILES string of the molecule is O=C1[C@@H]2C3c4ccccc4C(c4ccccc43)[C@H]2C(=O)N1/N=C\c1ccc(OCc2ccccc2Cl)c(Br)c1. The Balaban J connectivity index is 1.15. The average Bonchev–Trinajstić information content (AvgIpc) is 3.21. The van der Waals surface area contributed by atoms with E-state index in [1.165, 1.54) is 0 Å². The number of nitrogens with zero attached hydrogens (tertiary/aromatic N) is 2. The van der Waals surface area contributed by atoms with Crippen LogP contribution < -0.4 is 4.74 Å². The maximum absolute atomic E-state index is 13.7. The van der Waals surface area contributed by atoms with E-state index in [1.807, 2.05) is 66.7 Å². The molecule has 4 aliphatic rings. The number of hydrogen-bond donors (Lipinski definition) is 0. The van der Waals surface area contributed by atoms with Gasteiger partial charge in [0, 0.05) is 22.4 Å². The predicted molar refractivity (Wildman–Crippen MR) is 153 cm³/mol. The fraction of sp³-hybridized carbons (Fsp3) is 0.156. The number of carbonyl (C=O) groups excluding carboxylic acids is 2. The highest BCUT2D eigenvalue weighted by Gasteiger charge is 2.61. The highest BCUT2D eigenvalue weighted by molar-refractivity contribution is 9.10. The molecule has 3 aliphatic carbocycles. The van der Waals surface area contributed by atoms with Crippen LogP contribution in [-0.2, 0) is 16.2 Å². The van der Waals surface area contributed by atoms with Gasteiger partial charge >= 0.3 is 0 Å². The topological polar surface area (TPSA) is 59.0 Å². The lowest BCUT2D eigenvalue weighted by atomic mass is 9.55. The summed E-state index contributed by atoms with van der Waals surface area (Å²) in [5.41, 5.74) is 6.20. The third-order valence-corrected chi connectivity index (χ3v) is 9.03. The van der Waals surface area contributed by atoms with Gasteiger partial charge in [-0.2, -0.15) is 10.1 Å². The van der Waals surface area contributed by atoms with Crippen LogP contribution in [0.1, 0.15) is 45.2 Å². The molecule has 1 fully saturated rings. The van der Waals surface area contributed by atoms with Crippen LogP contribution in [0.3, 0.4) is 0 Å². The Kier molecular flexibility index (Phi) is 5.90. The van der Waals surface area contributed by atoms with E-state index in [-0.39, 0.29) is 23.7 Å². The molecule has 192 valence electrons. The number of rotatable bonds is 5. The monoisotopic (exact) mass is 596 g/mol. The Hall–Kier alpha value is -3.74. The Bertz CT molecular complexity index is 1570. The van der Waals surface area contributed by atoms with Crippen LogP contribution in [0.15, 0.2) is 101 Å². The summed E-state index contributed by atoms with van der Waals surface area (Å²) in [6, 6.07) is 29.5. The summed E-state index contributed by atoms with van der Waals surface area (Å²) in [5, 5.41) is 6.14. The summed E-state index contributed by atoms with van der Waals surface area (Å²) in [4.78, 5) is 27.4. The molecule has 0 spiro atoms. The number of ether oxygens (including phenoxy) is 1. The van der Waals surface area contributed by atoms with Gasteiger partial charge in [0.25, 0.3) is 11.8 Å². The third kappa shape index (κ3) is 3.85. The molecule has 0 radical (unpaired) electrons. The van der Waals surface area contributed by atoms with Crippen molar-refractivity contribution in [2.24, 2.45) is 16.9 Å². The molecule has 2 bridgehead atoms. The molecule has 1 aliphatic heterocycles. The van der Waals surface area contributed by atoms with Crippen LogP contribution in [-0.4, -0.2) is 23.0 Å². The zero-order valence-corrected chi connectivity index (χ0v) is 23.0. The Morgan fingerprint density at radius 2 is 1.33 bits per heavy atom. The lowest BCUT2D eigenvalue weighted by Crippen LogP contribution is -2.41. The number of halogens is 2. The standard InChI is InChI=1S/C32H22BrClN2O3/c33-24-15-18(13-14-26(24)39-17-19-7-1-6-12-25(19)34)16-35-36-31(37)29-27-20-8-2-3-9-21(20)28(30(29)32(36)38)23-11-5-4-10-22(23)27/h1-16,27-30H,17H2/b35-16-/t27?,28?,29-,30-/m1/s1. The van der Waals surface area contributed by atoms with Gasteiger partial charge in [-0.3, -0.25) is 9.59 Å². The largest absolute Gasteiger partial charge is 0.488 e. The minimum atomic E-state index is -0.447.